The van der Waals surface area contributed by atoms with Gasteiger partial charge in [-0.15, -0.1) is 0 Å². The Morgan fingerprint density at radius 3 is 2.47 bits per heavy atom. The number of para-hydroxylation sites is 1. The topological polar surface area (TPSA) is 114 Å². The second-order valence-corrected chi connectivity index (χ2v) is 8.64. The van der Waals surface area contributed by atoms with Crippen molar-refractivity contribution >= 4 is 57.1 Å². The van der Waals surface area contributed by atoms with Crippen molar-refractivity contribution < 1.29 is 37.4 Å². The molecule has 0 aromatic heterocycles. The number of carbonyl (C=O) groups is 4. The molecule has 0 saturated carbocycles. The van der Waals surface area contributed by atoms with Gasteiger partial charge >= 0.3 is 6.03 Å². The van der Waals surface area contributed by atoms with E-state index in [0.29, 0.717) is 14.9 Å². The van der Waals surface area contributed by atoms with Crippen LogP contribution in [0.15, 0.2) is 70.7 Å². The summed E-state index contributed by atoms with van der Waals surface area (Å²) in [6.45, 7) is -0.473. The van der Waals surface area contributed by atoms with Crippen LogP contribution < -0.4 is 25.0 Å². The first-order valence-corrected chi connectivity index (χ1v) is 11.7. The number of nitrogens with one attached hydrogen (secondary N) is 2. The van der Waals surface area contributed by atoms with E-state index < -0.39 is 42.0 Å². The first kappa shape index (κ1) is 26.5. The van der Waals surface area contributed by atoms with Gasteiger partial charge in [0.1, 0.15) is 17.2 Å². The summed E-state index contributed by atoms with van der Waals surface area (Å²) < 4.78 is 38.3. The monoisotopic (exact) mass is 585 g/mol. The number of hydrogen-bond donors (Lipinski definition) is 2. The van der Waals surface area contributed by atoms with E-state index in [4.69, 9.17) is 9.47 Å². The predicted octanol–water partition coefficient (Wildman–Crippen LogP) is 4.42. The summed E-state index contributed by atoms with van der Waals surface area (Å²) in [4.78, 5) is 50.8. The van der Waals surface area contributed by atoms with Crippen LogP contribution in [0.25, 0.3) is 6.08 Å². The summed E-state index contributed by atoms with van der Waals surface area (Å²) in [5, 5.41) is 4.48. The number of amides is 5. The Kier molecular flexibility index (Phi) is 7.82. The van der Waals surface area contributed by atoms with Gasteiger partial charge in [-0.1, -0.05) is 12.1 Å². The zero-order chi connectivity index (χ0) is 27.4. The molecule has 3 aromatic rings. The summed E-state index contributed by atoms with van der Waals surface area (Å²) in [6, 6.07) is 12.2. The van der Waals surface area contributed by atoms with Gasteiger partial charge in [-0.05, 0) is 76.1 Å². The number of urea groups is 1. The Labute approximate surface area is 223 Å². The molecule has 4 rings (SSSR count). The number of halogens is 3. The number of benzene rings is 3. The van der Waals surface area contributed by atoms with Crippen molar-refractivity contribution in [2.45, 2.75) is 0 Å². The highest BCUT2D eigenvalue weighted by Crippen LogP contribution is 2.37. The van der Waals surface area contributed by atoms with Crippen LogP contribution in [0.3, 0.4) is 0 Å². The average molecular weight is 586 g/mol. The van der Waals surface area contributed by atoms with Crippen molar-refractivity contribution in [1.82, 2.24) is 5.32 Å². The van der Waals surface area contributed by atoms with Crippen molar-refractivity contribution in [3.63, 3.8) is 0 Å². The summed E-state index contributed by atoms with van der Waals surface area (Å²) in [5.74, 6) is -3.32. The number of ether oxygens (including phenoxy) is 2. The maximum absolute atomic E-state index is 13.8. The number of carbonyl (C=O) groups excluding carboxylic acids is 4. The van der Waals surface area contributed by atoms with Crippen LogP contribution >= 0.6 is 15.9 Å². The van der Waals surface area contributed by atoms with E-state index in [0.717, 1.165) is 12.1 Å². The maximum atomic E-state index is 13.8. The zero-order valence-electron chi connectivity index (χ0n) is 19.6. The van der Waals surface area contributed by atoms with Gasteiger partial charge in [0.05, 0.1) is 23.0 Å². The molecular weight excluding hydrogens is 568 g/mol. The first-order valence-electron chi connectivity index (χ1n) is 10.9. The molecule has 38 heavy (non-hydrogen) atoms. The molecular formula is C26H18BrF2N3O6. The molecule has 1 aliphatic rings. The molecule has 0 unspecified atom stereocenters. The molecule has 9 nitrogen and oxygen atoms in total. The number of nitrogens with zero attached hydrogens (tertiary/aromatic N) is 1. The van der Waals surface area contributed by atoms with Crippen molar-refractivity contribution in [3.05, 3.63) is 87.9 Å². The molecule has 194 valence electrons. The molecule has 0 radical (unpaired) electrons. The Hall–Kier alpha value is -4.58. The minimum atomic E-state index is -0.972. The van der Waals surface area contributed by atoms with Crippen LogP contribution in [-0.4, -0.2) is 37.5 Å². The molecule has 0 aliphatic carbocycles. The Morgan fingerprint density at radius 2 is 1.79 bits per heavy atom. The van der Waals surface area contributed by atoms with Crippen LogP contribution in [0, 0.1) is 11.6 Å². The molecule has 0 spiro atoms. The van der Waals surface area contributed by atoms with Crippen LogP contribution in [0.1, 0.15) is 5.56 Å². The Balaban J connectivity index is 1.56. The quantitative estimate of drug-likeness (QED) is 0.313. The molecule has 0 atom stereocenters. The predicted molar refractivity (Wildman–Crippen MR) is 137 cm³/mol. The third kappa shape index (κ3) is 5.70. The van der Waals surface area contributed by atoms with E-state index in [2.05, 4.69) is 26.6 Å². The molecule has 12 heteroatoms. The Morgan fingerprint density at radius 1 is 1.08 bits per heavy atom. The average Bonchev–Trinajstić information content (AvgIpc) is 2.88. The first-order chi connectivity index (χ1) is 18.2. The highest BCUT2D eigenvalue weighted by molar-refractivity contribution is 9.10. The van der Waals surface area contributed by atoms with Gasteiger partial charge in [-0.3, -0.25) is 19.7 Å². The molecule has 0 bridgehead atoms. The summed E-state index contributed by atoms with van der Waals surface area (Å²) in [6.07, 6.45) is 1.24. The van der Waals surface area contributed by atoms with Gasteiger partial charge in [0.15, 0.2) is 18.1 Å². The second kappa shape index (κ2) is 11.2. The molecule has 1 fully saturated rings. The van der Waals surface area contributed by atoms with E-state index in [1.807, 2.05) is 0 Å². The summed E-state index contributed by atoms with van der Waals surface area (Å²) in [5.41, 5.74) is 0.0331. The van der Waals surface area contributed by atoms with E-state index in [1.165, 1.54) is 55.7 Å². The fourth-order valence-electron chi connectivity index (χ4n) is 3.50. The van der Waals surface area contributed by atoms with E-state index >= 15 is 0 Å². The van der Waals surface area contributed by atoms with Crippen molar-refractivity contribution in [1.29, 1.82) is 0 Å². The highest BCUT2D eigenvalue weighted by Gasteiger charge is 2.37. The van der Waals surface area contributed by atoms with Gasteiger partial charge < -0.3 is 14.8 Å². The van der Waals surface area contributed by atoms with Gasteiger partial charge in [0, 0.05) is 0 Å². The van der Waals surface area contributed by atoms with Gasteiger partial charge in [-0.2, -0.15) is 0 Å². The second-order valence-electron chi connectivity index (χ2n) is 7.79. The van der Waals surface area contributed by atoms with Gasteiger partial charge in [0.25, 0.3) is 17.7 Å². The number of hydrogen-bond acceptors (Lipinski definition) is 6. The van der Waals surface area contributed by atoms with Crippen LogP contribution in [0.4, 0.5) is 25.0 Å². The fraction of sp³-hybridized carbons (Fsp3) is 0.0769. The van der Waals surface area contributed by atoms with Gasteiger partial charge in [-0.25, -0.2) is 18.5 Å². The molecule has 1 aliphatic heterocycles. The maximum Gasteiger partial charge on any atom is 0.335 e. The van der Waals surface area contributed by atoms with E-state index in [1.54, 1.807) is 6.07 Å². The number of rotatable bonds is 7. The smallest absolute Gasteiger partial charge is 0.335 e. The number of methoxy groups -OCH3 is 1. The molecule has 1 heterocycles. The number of barbiturate groups is 1. The molecule has 5 amide bonds. The minimum absolute atomic E-state index is 0.00214. The lowest BCUT2D eigenvalue weighted by molar-refractivity contribution is -0.122. The number of anilines is 2. The molecule has 3 aromatic carbocycles. The summed E-state index contributed by atoms with van der Waals surface area (Å²) in [7, 11) is 1.35. The lowest BCUT2D eigenvalue weighted by Gasteiger charge is -2.26. The highest BCUT2D eigenvalue weighted by atomic mass is 79.9. The molecule has 2 N–H and O–H groups in total. The van der Waals surface area contributed by atoms with E-state index in [-0.39, 0.29) is 28.4 Å². The third-order valence-electron chi connectivity index (χ3n) is 5.24. The fourth-order valence-corrected chi connectivity index (χ4v) is 4.07. The van der Waals surface area contributed by atoms with Gasteiger partial charge in [0.2, 0.25) is 0 Å². The Bertz CT molecular complexity index is 1480. The van der Waals surface area contributed by atoms with Crippen LogP contribution in [0.5, 0.6) is 11.5 Å². The largest absolute Gasteiger partial charge is 0.493 e. The van der Waals surface area contributed by atoms with Crippen molar-refractivity contribution in [2.24, 2.45) is 0 Å². The lowest BCUT2D eigenvalue weighted by atomic mass is 10.1. The normalized spacial score (nSPS) is 14.4. The van der Waals surface area contributed by atoms with Crippen molar-refractivity contribution in [2.75, 3.05) is 23.9 Å². The van der Waals surface area contributed by atoms with Crippen molar-refractivity contribution in [3.8, 4) is 11.5 Å². The minimum Gasteiger partial charge on any atom is -0.493 e. The SMILES string of the molecule is COc1cc(/C=C2\C(=O)NC(=O)N(c3ccc(F)cc3)C2=O)cc(Br)c1OCC(=O)Nc1ccccc1F. The molecule has 1 saturated heterocycles. The van der Waals surface area contributed by atoms with Crippen LogP contribution in [0.2, 0.25) is 0 Å². The lowest BCUT2D eigenvalue weighted by Crippen LogP contribution is -2.54. The standard InChI is InChI=1S/C26H18BrF2N3O6/c1-37-21-12-14(11-18(27)23(21)38-13-22(33)30-20-5-3-2-4-19(20)29)10-17-24(34)31-26(36)32(25(17)35)16-8-6-15(28)7-9-16/h2-12H,13H2,1H3,(H,30,33)(H,31,34,36)/b17-10+. The number of imide groups is 2. The third-order valence-corrected chi connectivity index (χ3v) is 5.83. The van der Waals surface area contributed by atoms with Crippen LogP contribution in [-0.2, 0) is 14.4 Å². The zero-order valence-corrected chi connectivity index (χ0v) is 21.2. The summed E-state index contributed by atoms with van der Waals surface area (Å²) >= 11 is 3.32. The van der Waals surface area contributed by atoms with E-state index in [9.17, 15) is 28.0 Å².